The van der Waals surface area contributed by atoms with Crippen LogP contribution >= 0.6 is 0 Å². The van der Waals surface area contributed by atoms with Crippen LogP contribution in [-0.2, 0) is 0 Å². The molecule has 0 heterocycles. The van der Waals surface area contributed by atoms with Crippen LogP contribution in [0.15, 0.2) is 4.99 Å². The maximum atomic E-state index is 12.1. The average molecular weight is 223 g/mol. The number of halogens is 3. The highest BCUT2D eigenvalue weighted by molar-refractivity contribution is 5.82. The molecule has 88 valence electrons. The van der Waals surface area contributed by atoms with E-state index in [4.69, 9.17) is 5.84 Å². The molecule has 0 aromatic carbocycles. The van der Waals surface area contributed by atoms with Crippen LogP contribution in [0.3, 0.4) is 0 Å². The van der Waals surface area contributed by atoms with Crippen LogP contribution in [0.5, 0.6) is 0 Å². The predicted molar refractivity (Wildman–Crippen MR) is 52.3 cm³/mol. The Morgan fingerprint density at radius 1 is 1.27 bits per heavy atom. The maximum Gasteiger partial charge on any atom is 0.396 e. The van der Waals surface area contributed by atoms with Crippen molar-refractivity contribution in [2.24, 2.45) is 10.8 Å². The molecule has 0 saturated heterocycles. The molecule has 1 fully saturated rings. The first-order valence-corrected chi connectivity index (χ1v) is 5.11. The van der Waals surface area contributed by atoms with E-state index in [-0.39, 0.29) is 11.9 Å². The van der Waals surface area contributed by atoms with Gasteiger partial charge >= 0.3 is 6.18 Å². The van der Waals surface area contributed by atoms with Gasteiger partial charge in [-0.25, -0.2) is 5.84 Å². The molecule has 3 nitrogen and oxygen atoms in total. The molecule has 1 saturated carbocycles. The minimum absolute atomic E-state index is 0.00662. The van der Waals surface area contributed by atoms with Crippen LogP contribution in [0.4, 0.5) is 13.2 Å². The molecule has 0 aliphatic heterocycles. The Hall–Kier alpha value is -0.780. The van der Waals surface area contributed by atoms with Gasteiger partial charge in [-0.3, -0.25) is 4.99 Å². The number of nitrogens with zero attached hydrogens (tertiary/aromatic N) is 1. The maximum absolute atomic E-state index is 12.1. The molecule has 1 rings (SSSR count). The van der Waals surface area contributed by atoms with Gasteiger partial charge in [0.2, 0.25) is 0 Å². The average Bonchev–Trinajstić information content (AvgIpc) is 2.16. The quantitative estimate of drug-likeness (QED) is 0.326. The van der Waals surface area contributed by atoms with Crippen LogP contribution in [0.2, 0.25) is 0 Å². The smallest absolute Gasteiger partial charge is 0.312 e. The van der Waals surface area contributed by atoms with E-state index in [1.807, 2.05) is 5.43 Å². The van der Waals surface area contributed by atoms with Crippen molar-refractivity contribution >= 4 is 5.84 Å². The van der Waals surface area contributed by atoms with Crippen molar-refractivity contribution in [3.8, 4) is 0 Å². The summed E-state index contributed by atoms with van der Waals surface area (Å²) >= 11 is 0. The number of amidine groups is 1. The monoisotopic (exact) mass is 223 g/mol. The Labute approximate surface area is 86.9 Å². The lowest BCUT2D eigenvalue weighted by Crippen LogP contribution is -2.35. The zero-order valence-corrected chi connectivity index (χ0v) is 8.48. The van der Waals surface area contributed by atoms with Crippen molar-refractivity contribution in [3.63, 3.8) is 0 Å². The lowest BCUT2D eigenvalue weighted by Gasteiger charge is -2.19. The number of rotatable bonds is 2. The van der Waals surface area contributed by atoms with E-state index >= 15 is 0 Å². The van der Waals surface area contributed by atoms with E-state index in [1.165, 1.54) is 0 Å². The third kappa shape index (κ3) is 5.01. The number of aliphatic imine (C=N–C) groups is 1. The summed E-state index contributed by atoms with van der Waals surface area (Å²) in [6.07, 6.45) is -0.362. The zero-order valence-electron chi connectivity index (χ0n) is 8.48. The van der Waals surface area contributed by atoms with Crippen molar-refractivity contribution < 1.29 is 13.2 Å². The number of alkyl halides is 3. The summed E-state index contributed by atoms with van der Waals surface area (Å²) in [6.45, 7) is 0. The van der Waals surface area contributed by atoms with Crippen molar-refractivity contribution in [1.82, 2.24) is 5.43 Å². The molecule has 1 aliphatic rings. The highest BCUT2D eigenvalue weighted by atomic mass is 19.4. The molecule has 3 N–H and O–H groups in total. The van der Waals surface area contributed by atoms with E-state index in [0.29, 0.717) is 0 Å². The fourth-order valence-corrected chi connectivity index (χ4v) is 1.75. The van der Waals surface area contributed by atoms with Crippen LogP contribution in [0.25, 0.3) is 0 Å². The molecule has 0 aromatic rings. The standard InChI is InChI=1S/C9H16F3N3/c10-9(11,12)6-8(15-13)14-7-4-2-1-3-5-7/h7H,1-6,13H2,(H,14,15). The second-order valence-electron chi connectivity index (χ2n) is 3.80. The number of hydrazine groups is 1. The Morgan fingerprint density at radius 2 is 1.87 bits per heavy atom. The van der Waals surface area contributed by atoms with Gasteiger partial charge in [-0.15, -0.1) is 0 Å². The summed E-state index contributed by atoms with van der Waals surface area (Å²) in [4.78, 5) is 4.00. The first kappa shape index (κ1) is 12.3. The molecule has 1 aliphatic carbocycles. The van der Waals surface area contributed by atoms with Gasteiger partial charge in [0.05, 0.1) is 6.04 Å². The highest BCUT2D eigenvalue weighted by Crippen LogP contribution is 2.23. The minimum atomic E-state index is -4.25. The molecule has 0 unspecified atom stereocenters. The number of hydrogen-bond acceptors (Lipinski definition) is 2. The van der Waals surface area contributed by atoms with Crippen molar-refractivity contribution in [2.75, 3.05) is 0 Å². The van der Waals surface area contributed by atoms with Gasteiger partial charge < -0.3 is 5.43 Å². The molecule has 0 bridgehead atoms. The largest absolute Gasteiger partial charge is 0.396 e. The SMILES string of the molecule is NNC(CC(F)(F)F)=NC1CCCCC1. The third-order valence-corrected chi connectivity index (χ3v) is 2.45. The summed E-state index contributed by atoms with van der Waals surface area (Å²) in [5.41, 5.74) is 2.04. The molecular formula is C9H16F3N3. The Morgan fingerprint density at radius 3 is 2.33 bits per heavy atom. The zero-order chi connectivity index (χ0) is 11.3. The van der Waals surface area contributed by atoms with Crippen LogP contribution in [0, 0.1) is 0 Å². The Balaban J connectivity index is 2.51. The molecule has 0 spiro atoms. The predicted octanol–water partition coefficient (Wildman–Crippen LogP) is 2.13. The van der Waals surface area contributed by atoms with Crippen LogP contribution in [0.1, 0.15) is 38.5 Å². The first-order valence-electron chi connectivity index (χ1n) is 5.11. The van der Waals surface area contributed by atoms with Gasteiger partial charge in [-0.1, -0.05) is 19.3 Å². The molecule has 6 heteroatoms. The molecule has 15 heavy (non-hydrogen) atoms. The van der Waals surface area contributed by atoms with Crippen LogP contribution < -0.4 is 11.3 Å². The molecule has 0 radical (unpaired) electrons. The molecular weight excluding hydrogens is 207 g/mol. The third-order valence-electron chi connectivity index (χ3n) is 2.45. The van der Waals surface area contributed by atoms with Crippen molar-refractivity contribution in [1.29, 1.82) is 0 Å². The second kappa shape index (κ2) is 5.34. The Kier molecular flexibility index (Phi) is 4.38. The number of nitrogens with two attached hydrogens (primary N) is 1. The highest BCUT2D eigenvalue weighted by Gasteiger charge is 2.30. The first-order chi connectivity index (χ1) is 7.01. The summed E-state index contributed by atoms with van der Waals surface area (Å²) in [6, 6.07) is 0.00662. The lowest BCUT2D eigenvalue weighted by molar-refractivity contribution is -0.121. The normalized spacial score (nSPS) is 20.4. The summed E-state index contributed by atoms with van der Waals surface area (Å²) < 4.78 is 36.2. The minimum Gasteiger partial charge on any atom is -0.312 e. The summed E-state index contributed by atoms with van der Waals surface area (Å²) in [5, 5.41) is 0. The number of nitrogens with one attached hydrogen (secondary N) is 1. The second-order valence-corrected chi connectivity index (χ2v) is 3.80. The topological polar surface area (TPSA) is 50.4 Å². The summed E-state index contributed by atoms with van der Waals surface area (Å²) in [5.74, 6) is 4.86. The lowest BCUT2D eigenvalue weighted by atomic mass is 9.96. The molecule has 0 aromatic heterocycles. The Bertz CT molecular complexity index is 219. The fraction of sp³-hybridized carbons (Fsp3) is 0.889. The van der Waals surface area contributed by atoms with Gasteiger partial charge in [0.25, 0.3) is 0 Å². The van der Waals surface area contributed by atoms with E-state index in [9.17, 15) is 13.2 Å². The van der Waals surface area contributed by atoms with Crippen molar-refractivity contribution in [2.45, 2.75) is 50.7 Å². The van der Waals surface area contributed by atoms with E-state index in [1.54, 1.807) is 0 Å². The van der Waals surface area contributed by atoms with E-state index in [2.05, 4.69) is 4.99 Å². The van der Waals surface area contributed by atoms with E-state index < -0.39 is 12.6 Å². The van der Waals surface area contributed by atoms with E-state index in [0.717, 1.165) is 32.1 Å². The van der Waals surface area contributed by atoms with Crippen molar-refractivity contribution in [3.05, 3.63) is 0 Å². The molecule has 0 atom stereocenters. The van der Waals surface area contributed by atoms with Gasteiger partial charge in [-0.05, 0) is 12.8 Å². The van der Waals surface area contributed by atoms with Gasteiger partial charge in [0.1, 0.15) is 12.3 Å². The van der Waals surface area contributed by atoms with Gasteiger partial charge in [-0.2, -0.15) is 13.2 Å². The van der Waals surface area contributed by atoms with Crippen LogP contribution in [-0.4, -0.2) is 18.1 Å². The number of hydrogen-bond donors (Lipinski definition) is 2. The van der Waals surface area contributed by atoms with Gasteiger partial charge in [0.15, 0.2) is 0 Å². The summed E-state index contributed by atoms with van der Waals surface area (Å²) in [7, 11) is 0. The van der Waals surface area contributed by atoms with Gasteiger partial charge in [0, 0.05) is 0 Å². The molecule has 0 amide bonds. The fourth-order valence-electron chi connectivity index (χ4n) is 1.75.